The Morgan fingerprint density at radius 1 is 1.24 bits per heavy atom. The van der Waals surface area contributed by atoms with Gasteiger partial charge in [-0.25, -0.2) is 0 Å². The van der Waals surface area contributed by atoms with Crippen LogP contribution in [0.4, 0.5) is 5.69 Å². The second-order valence-electron chi connectivity index (χ2n) is 5.08. The Kier molecular flexibility index (Phi) is 7.54. The number of carbonyl (C=O) groups is 1. The fraction of sp³-hybridized carbons (Fsp3) is 0.562. The maximum atomic E-state index is 12.2. The molecule has 0 radical (unpaired) electrons. The van der Waals surface area contributed by atoms with Crippen molar-refractivity contribution in [2.45, 2.75) is 26.8 Å². The van der Waals surface area contributed by atoms with E-state index in [1.54, 1.807) is 0 Å². The van der Waals surface area contributed by atoms with Crippen molar-refractivity contribution in [3.8, 4) is 0 Å². The highest BCUT2D eigenvalue weighted by molar-refractivity contribution is 6.30. The van der Waals surface area contributed by atoms with Crippen molar-refractivity contribution < 1.29 is 4.79 Å². The van der Waals surface area contributed by atoms with Crippen LogP contribution in [0.1, 0.15) is 20.8 Å². The van der Waals surface area contributed by atoms with E-state index in [1.807, 2.05) is 43.1 Å². The molecule has 0 heterocycles. The summed E-state index contributed by atoms with van der Waals surface area (Å²) in [5, 5.41) is 3.69. The van der Waals surface area contributed by atoms with Crippen molar-refractivity contribution in [3.63, 3.8) is 0 Å². The predicted molar refractivity (Wildman–Crippen MR) is 90.1 cm³/mol. The number of nitrogens with one attached hydrogen (secondary N) is 1. The zero-order valence-corrected chi connectivity index (χ0v) is 14.2. The Bertz CT molecular complexity index is 432. The summed E-state index contributed by atoms with van der Waals surface area (Å²) in [5.74, 6) is 0.0413. The first-order valence-corrected chi connectivity index (χ1v) is 7.85. The molecule has 0 bridgehead atoms. The van der Waals surface area contributed by atoms with Gasteiger partial charge in [-0.15, -0.1) is 0 Å². The van der Waals surface area contributed by atoms with E-state index in [0.29, 0.717) is 11.6 Å². The number of amides is 1. The molecule has 1 aromatic rings. The van der Waals surface area contributed by atoms with E-state index in [-0.39, 0.29) is 11.9 Å². The normalized spacial score (nSPS) is 12.3. The van der Waals surface area contributed by atoms with E-state index in [9.17, 15) is 4.79 Å². The largest absolute Gasteiger partial charge is 0.363 e. The fourth-order valence-electron chi connectivity index (χ4n) is 2.10. The molecule has 0 saturated heterocycles. The van der Waals surface area contributed by atoms with Crippen LogP contribution in [-0.4, -0.2) is 50.1 Å². The van der Waals surface area contributed by atoms with Crippen molar-refractivity contribution >= 4 is 23.2 Å². The Balaban J connectivity index is 2.48. The van der Waals surface area contributed by atoms with Crippen LogP contribution < -0.4 is 10.2 Å². The van der Waals surface area contributed by atoms with Crippen LogP contribution in [0.25, 0.3) is 0 Å². The number of hydrogen-bond acceptors (Lipinski definition) is 3. The molecule has 0 aliphatic rings. The minimum absolute atomic E-state index is 0.0413. The van der Waals surface area contributed by atoms with Crippen molar-refractivity contribution in [2.24, 2.45) is 0 Å². The number of hydrogen-bond donors (Lipinski definition) is 1. The molecule has 4 nitrogen and oxygen atoms in total. The highest BCUT2D eigenvalue weighted by Crippen LogP contribution is 2.18. The number of carbonyl (C=O) groups excluding carboxylic acids is 1. The van der Waals surface area contributed by atoms with Crippen molar-refractivity contribution in [1.29, 1.82) is 0 Å². The minimum atomic E-state index is -0.220. The standard InChI is InChI=1S/C16H26ClN3O/c1-5-20(6-2)12-11-18-16(21)13(3)19(4)15-9-7-14(17)8-10-15/h7-10,13H,5-6,11-12H2,1-4H3,(H,18,21). The molecule has 5 heteroatoms. The van der Waals surface area contributed by atoms with Gasteiger partial charge in [-0.05, 0) is 44.3 Å². The highest BCUT2D eigenvalue weighted by Gasteiger charge is 2.18. The maximum absolute atomic E-state index is 12.2. The Labute approximate surface area is 133 Å². The number of benzene rings is 1. The summed E-state index contributed by atoms with van der Waals surface area (Å²) in [4.78, 5) is 16.4. The molecule has 0 aliphatic carbocycles. The lowest BCUT2D eigenvalue weighted by molar-refractivity contribution is -0.122. The second kappa shape index (κ2) is 8.90. The van der Waals surface area contributed by atoms with Crippen LogP contribution in [0, 0.1) is 0 Å². The van der Waals surface area contributed by atoms with Crippen molar-refractivity contribution in [3.05, 3.63) is 29.3 Å². The highest BCUT2D eigenvalue weighted by atomic mass is 35.5. The van der Waals surface area contributed by atoms with Gasteiger partial charge in [0, 0.05) is 30.8 Å². The van der Waals surface area contributed by atoms with E-state index in [2.05, 4.69) is 24.1 Å². The van der Waals surface area contributed by atoms with Crippen molar-refractivity contribution in [2.75, 3.05) is 38.1 Å². The van der Waals surface area contributed by atoms with Gasteiger partial charge in [0.25, 0.3) is 0 Å². The fourth-order valence-corrected chi connectivity index (χ4v) is 2.23. The monoisotopic (exact) mass is 311 g/mol. The lowest BCUT2D eigenvalue weighted by Crippen LogP contribution is -2.45. The van der Waals surface area contributed by atoms with Crippen LogP contribution in [-0.2, 0) is 4.79 Å². The number of nitrogens with zero attached hydrogens (tertiary/aromatic N) is 2. The molecule has 0 saturated carbocycles. The van der Waals surface area contributed by atoms with Gasteiger partial charge in [0.15, 0.2) is 0 Å². The second-order valence-corrected chi connectivity index (χ2v) is 5.52. The first-order valence-electron chi connectivity index (χ1n) is 7.48. The zero-order chi connectivity index (χ0) is 15.8. The summed E-state index contributed by atoms with van der Waals surface area (Å²) in [5.41, 5.74) is 0.978. The molecule has 1 amide bonds. The molecular weight excluding hydrogens is 286 g/mol. The maximum Gasteiger partial charge on any atom is 0.242 e. The average Bonchev–Trinajstić information content (AvgIpc) is 2.50. The van der Waals surface area contributed by atoms with Crippen molar-refractivity contribution in [1.82, 2.24) is 10.2 Å². The van der Waals surface area contributed by atoms with Gasteiger partial charge in [0.05, 0.1) is 0 Å². The molecule has 0 spiro atoms. The Morgan fingerprint density at radius 2 is 1.81 bits per heavy atom. The molecule has 0 aliphatic heterocycles. The Hall–Kier alpha value is -1.26. The molecule has 1 unspecified atom stereocenters. The summed E-state index contributed by atoms with van der Waals surface area (Å²) >= 11 is 5.88. The summed E-state index contributed by atoms with van der Waals surface area (Å²) in [6.07, 6.45) is 0. The van der Waals surface area contributed by atoms with E-state index < -0.39 is 0 Å². The van der Waals surface area contributed by atoms with Gasteiger partial charge >= 0.3 is 0 Å². The first-order chi connectivity index (χ1) is 9.99. The summed E-state index contributed by atoms with van der Waals surface area (Å²) in [7, 11) is 1.91. The zero-order valence-electron chi connectivity index (χ0n) is 13.4. The van der Waals surface area contributed by atoms with E-state index in [0.717, 1.165) is 25.3 Å². The lowest BCUT2D eigenvalue weighted by Gasteiger charge is -2.26. The smallest absolute Gasteiger partial charge is 0.242 e. The van der Waals surface area contributed by atoms with Gasteiger partial charge < -0.3 is 15.1 Å². The first kappa shape index (κ1) is 17.8. The number of rotatable bonds is 8. The van der Waals surface area contributed by atoms with Gasteiger partial charge in [0.2, 0.25) is 5.91 Å². The molecule has 0 fully saturated rings. The number of halogens is 1. The van der Waals surface area contributed by atoms with Gasteiger partial charge in [-0.3, -0.25) is 4.79 Å². The molecular formula is C16H26ClN3O. The molecule has 1 aromatic carbocycles. The quantitative estimate of drug-likeness (QED) is 0.801. The third-order valence-corrected chi connectivity index (χ3v) is 4.07. The topological polar surface area (TPSA) is 35.6 Å². The lowest BCUT2D eigenvalue weighted by atomic mass is 10.2. The van der Waals surface area contributed by atoms with Gasteiger partial charge in [0.1, 0.15) is 6.04 Å². The van der Waals surface area contributed by atoms with Crippen LogP contribution >= 0.6 is 11.6 Å². The third kappa shape index (κ3) is 5.56. The molecule has 0 aromatic heterocycles. The summed E-state index contributed by atoms with van der Waals surface area (Å²) < 4.78 is 0. The molecule has 118 valence electrons. The number of anilines is 1. The predicted octanol–water partition coefficient (Wildman–Crippen LogP) is 2.62. The van der Waals surface area contributed by atoms with E-state index in [4.69, 9.17) is 11.6 Å². The third-order valence-electron chi connectivity index (χ3n) is 3.82. The van der Waals surface area contributed by atoms with Crippen LogP contribution in [0.3, 0.4) is 0 Å². The SMILES string of the molecule is CCN(CC)CCNC(=O)C(C)N(C)c1ccc(Cl)cc1. The molecule has 1 N–H and O–H groups in total. The molecule has 1 atom stereocenters. The van der Waals surface area contributed by atoms with E-state index >= 15 is 0 Å². The summed E-state index contributed by atoms with van der Waals surface area (Å²) in [6.45, 7) is 9.74. The minimum Gasteiger partial charge on any atom is -0.363 e. The Morgan fingerprint density at radius 3 is 2.33 bits per heavy atom. The van der Waals surface area contributed by atoms with Gasteiger partial charge in [-0.2, -0.15) is 0 Å². The molecule has 1 rings (SSSR count). The van der Waals surface area contributed by atoms with Crippen LogP contribution in [0.2, 0.25) is 5.02 Å². The van der Waals surface area contributed by atoms with E-state index in [1.165, 1.54) is 0 Å². The van der Waals surface area contributed by atoms with Crippen LogP contribution in [0.5, 0.6) is 0 Å². The number of likely N-dealkylation sites (N-methyl/N-ethyl adjacent to an activating group) is 2. The van der Waals surface area contributed by atoms with Gasteiger partial charge in [-0.1, -0.05) is 25.4 Å². The average molecular weight is 312 g/mol. The van der Waals surface area contributed by atoms with Crippen LogP contribution in [0.15, 0.2) is 24.3 Å². The summed E-state index contributed by atoms with van der Waals surface area (Å²) in [6, 6.07) is 7.28. The molecule has 21 heavy (non-hydrogen) atoms.